The predicted octanol–water partition coefficient (Wildman–Crippen LogP) is 2.09. The topological polar surface area (TPSA) is 70.4 Å². The van der Waals surface area contributed by atoms with E-state index >= 15 is 0 Å². The van der Waals surface area contributed by atoms with E-state index in [9.17, 15) is 0 Å². The number of anilines is 1. The van der Waals surface area contributed by atoms with Gasteiger partial charge in [0.15, 0.2) is 11.8 Å². The number of aromatic nitrogens is 3. The van der Waals surface area contributed by atoms with E-state index < -0.39 is 0 Å². The minimum Gasteiger partial charge on any atom is -0.375 e. The lowest BCUT2D eigenvalue weighted by molar-refractivity contribution is 0.706. The molecule has 7 heteroatoms. The third kappa shape index (κ3) is 5.45. The second kappa shape index (κ2) is 8.88. The maximum Gasteiger partial charge on any atom is 0.191 e. The van der Waals surface area contributed by atoms with E-state index in [0.29, 0.717) is 12.6 Å². The van der Waals surface area contributed by atoms with E-state index in [4.69, 9.17) is 4.99 Å². The molecule has 1 heterocycles. The summed E-state index contributed by atoms with van der Waals surface area (Å²) in [4.78, 5) is 6.99. The van der Waals surface area contributed by atoms with Gasteiger partial charge in [-0.05, 0) is 37.8 Å². The van der Waals surface area contributed by atoms with Gasteiger partial charge >= 0.3 is 0 Å². The molecule has 3 rings (SSSR count). The molecule has 0 aliphatic heterocycles. The zero-order chi connectivity index (χ0) is 19.2. The van der Waals surface area contributed by atoms with Crippen LogP contribution >= 0.6 is 0 Å². The molecule has 1 aliphatic carbocycles. The fourth-order valence-electron chi connectivity index (χ4n) is 2.92. The number of aliphatic imine (C=N–C) groups is 1. The van der Waals surface area contributed by atoms with Crippen LogP contribution < -0.4 is 15.5 Å². The Balaban J connectivity index is 1.49. The van der Waals surface area contributed by atoms with E-state index in [2.05, 4.69) is 64.0 Å². The van der Waals surface area contributed by atoms with Crippen LogP contribution in [0.15, 0.2) is 35.3 Å². The quantitative estimate of drug-likeness (QED) is 0.424. The maximum atomic E-state index is 4.72. The lowest BCUT2D eigenvalue weighted by Crippen LogP contribution is -2.40. The second-order valence-corrected chi connectivity index (χ2v) is 7.39. The highest BCUT2D eigenvalue weighted by Gasteiger charge is 2.33. The number of rotatable bonds is 8. The number of aryl methyl sites for hydroxylation is 1. The van der Waals surface area contributed by atoms with Crippen molar-refractivity contribution in [3.63, 3.8) is 0 Å². The fraction of sp³-hybridized carbons (Fsp3) is 0.550. The Morgan fingerprint density at radius 1 is 1.30 bits per heavy atom. The van der Waals surface area contributed by atoms with Crippen molar-refractivity contribution in [2.75, 3.05) is 25.0 Å². The van der Waals surface area contributed by atoms with Gasteiger partial charge in [0.2, 0.25) is 0 Å². The summed E-state index contributed by atoms with van der Waals surface area (Å²) < 4.78 is 1.98. The Morgan fingerprint density at radius 2 is 2.04 bits per heavy atom. The third-order valence-electron chi connectivity index (χ3n) is 5.15. The van der Waals surface area contributed by atoms with Gasteiger partial charge in [0, 0.05) is 38.9 Å². The van der Waals surface area contributed by atoms with Crippen LogP contribution in [0, 0.1) is 12.8 Å². The first-order valence-corrected chi connectivity index (χ1v) is 9.70. The molecule has 2 N–H and O–H groups in total. The molecule has 27 heavy (non-hydrogen) atoms. The molecular weight excluding hydrogens is 338 g/mol. The molecule has 1 aromatic carbocycles. The minimum atomic E-state index is 0.525. The summed E-state index contributed by atoms with van der Waals surface area (Å²) in [5.41, 5.74) is 1.24. The van der Waals surface area contributed by atoms with Crippen LogP contribution in [-0.4, -0.2) is 46.9 Å². The summed E-state index contributed by atoms with van der Waals surface area (Å²) >= 11 is 0. The highest BCUT2D eigenvalue weighted by molar-refractivity contribution is 5.80. The van der Waals surface area contributed by atoms with Gasteiger partial charge in [0.1, 0.15) is 12.4 Å². The Labute approximate surface area is 161 Å². The van der Waals surface area contributed by atoms with Gasteiger partial charge < -0.3 is 20.1 Å². The van der Waals surface area contributed by atoms with Gasteiger partial charge in [-0.3, -0.25) is 0 Å². The first-order valence-electron chi connectivity index (χ1n) is 9.70. The summed E-state index contributed by atoms with van der Waals surface area (Å²) in [5.74, 6) is 3.37. The Hall–Kier alpha value is -2.57. The van der Waals surface area contributed by atoms with Crippen molar-refractivity contribution in [3.05, 3.63) is 42.0 Å². The highest BCUT2D eigenvalue weighted by Crippen LogP contribution is 2.28. The molecule has 1 aliphatic rings. The molecule has 0 saturated heterocycles. The van der Waals surface area contributed by atoms with Crippen molar-refractivity contribution in [3.8, 4) is 0 Å². The molecular formula is C20H31N7. The number of nitrogens with zero attached hydrogens (tertiary/aromatic N) is 5. The highest BCUT2D eigenvalue weighted by atomic mass is 15.3. The van der Waals surface area contributed by atoms with Crippen LogP contribution in [0.4, 0.5) is 5.69 Å². The van der Waals surface area contributed by atoms with Gasteiger partial charge in [-0.1, -0.05) is 25.1 Å². The number of nitrogens with one attached hydrogen (secondary N) is 2. The molecule has 2 unspecified atom stereocenters. The molecule has 0 radical (unpaired) electrons. The number of hydrogen-bond acceptors (Lipinski definition) is 4. The Bertz CT molecular complexity index is 753. The van der Waals surface area contributed by atoms with Gasteiger partial charge in [0.25, 0.3) is 0 Å². The SMILES string of the molecule is Cc1nnc(CN=C(NCCCN(C)c2ccccc2)NC2CC2C)n1C. The number of hydrogen-bond donors (Lipinski definition) is 2. The monoisotopic (exact) mass is 369 g/mol. The summed E-state index contributed by atoms with van der Waals surface area (Å²) in [6.45, 7) is 6.61. The molecule has 1 saturated carbocycles. The van der Waals surface area contributed by atoms with Gasteiger partial charge in [0.05, 0.1) is 0 Å². The summed E-state index contributed by atoms with van der Waals surface area (Å²) in [7, 11) is 4.11. The Kier molecular flexibility index (Phi) is 6.32. The second-order valence-electron chi connectivity index (χ2n) is 7.39. The molecule has 0 spiro atoms. The van der Waals surface area contributed by atoms with Crippen LogP contribution in [-0.2, 0) is 13.6 Å². The summed E-state index contributed by atoms with van der Waals surface area (Å²) in [6.07, 6.45) is 2.25. The van der Waals surface area contributed by atoms with E-state index in [1.54, 1.807) is 0 Å². The number of para-hydroxylation sites is 1. The standard InChI is InChI=1S/C20H31N7/c1-15-13-18(15)23-20(22-14-19-25-24-16(2)27(19)4)21-11-8-12-26(3)17-9-6-5-7-10-17/h5-7,9-10,15,18H,8,11-14H2,1-4H3,(H2,21,22,23). The van der Waals surface area contributed by atoms with Crippen molar-refractivity contribution in [1.29, 1.82) is 0 Å². The molecule has 0 amide bonds. The summed E-state index contributed by atoms with van der Waals surface area (Å²) in [5, 5.41) is 15.3. The smallest absolute Gasteiger partial charge is 0.191 e. The molecule has 0 bridgehead atoms. The molecule has 1 fully saturated rings. The zero-order valence-corrected chi connectivity index (χ0v) is 16.8. The van der Waals surface area contributed by atoms with Crippen LogP contribution in [0.5, 0.6) is 0 Å². The average molecular weight is 370 g/mol. The Morgan fingerprint density at radius 3 is 2.67 bits per heavy atom. The van der Waals surface area contributed by atoms with Crippen LogP contribution in [0.2, 0.25) is 0 Å². The molecule has 1 aromatic heterocycles. The summed E-state index contributed by atoms with van der Waals surface area (Å²) in [6, 6.07) is 11.0. The fourth-order valence-corrected chi connectivity index (χ4v) is 2.92. The number of guanidine groups is 1. The van der Waals surface area contributed by atoms with Gasteiger partial charge in [-0.2, -0.15) is 0 Å². The third-order valence-corrected chi connectivity index (χ3v) is 5.15. The lowest BCUT2D eigenvalue weighted by Gasteiger charge is -2.19. The molecule has 146 valence electrons. The normalized spacial score (nSPS) is 19.0. The van der Waals surface area contributed by atoms with Crippen molar-refractivity contribution in [2.24, 2.45) is 18.0 Å². The van der Waals surface area contributed by atoms with Crippen molar-refractivity contribution in [1.82, 2.24) is 25.4 Å². The lowest BCUT2D eigenvalue weighted by atomic mass is 10.3. The van der Waals surface area contributed by atoms with Crippen LogP contribution in [0.3, 0.4) is 0 Å². The van der Waals surface area contributed by atoms with E-state index in [-0.39, 0.29) is 0 Å². The van der Waals surface area contributed by atoms with E-state index in [1.807, 2.05) is 24.6 Å². The average Bonchev–Trinajstić information content (AvgIpc) is 3.28. The van der Waals surface area contributed by atoms with Crippen LogP contribution in [0.1, 0.15) is 31.4 Å². The largest absolute Gasteiger partial charge is 0.375 e. The zero-order valence-electron chi connectivity index (χ0n) is 16.8. The number of benzene rings is 1. The molecule has 7 nitrogen and oxygen atoms in total. The minimum absolute atomic E-state index is 0.525. The first kappa shape index (κ1) is 19.2. The van der Waals surface area contributed by atoms with Gasteiger partial charge in [-0.15, -0.1) is 10.2 Å². The first-order chi connectivity index (χ1) is 13.0. The van der Waals surface area contributed by atoms with E-state index in [1.165, 1.54) is 12.1 Å². The van der Waals surface area contributed by atoms with Crippen molar-refractivity contribution < 1.29 is 0 Å². The van der Waals surface area contributed by atoms with Crippen molar-refractivity contribution >= 4 is 11.6 Å². The molecule has 2 atom stereocenters. The van der Waals surface area contributed by atoms with Crippen molar-refractivity contribution in [2.45, 2.75) is 39.3 Å². The molecule has 2 aromatic rings. The van der Waals surface area contributed by atoms with Crippen LogP contribution in [0.25, 0.3) is 0 Å². The van der Waals surface area contributed by atoms with E-state index in [0.717, 1.165) is 43.0 Å². The predicted molar refractivity (Wildman–Crippen MR) is 110 cm³/mol. The maximum absolute atomic E-state index is 4.72. The van der Waals surface area contributed by atoms with Gasteiger partial charge in [-0.25, -0.2) is 4.99 Å².